The van der Waals surface area contributed by atoms with E-state index in [0.29, 0.717) is 18.4 Å². The number of carbonyl (C=O) groups excluding carboxylic acids is 3. The smallest absolute Gasteiger partial charge is 0.305 e. The van der Waals surface area contributed by atoms with Gasteiger partial charge in [0.05, 0.1) is 13.5 Å². The standard InChI is InChI=1S/C14H15NO4/c1-19-14(18)7-5-12(16)10-2-4-11-9(8-10)3-6-13(17)15-11/h2,4,8H,3,5-7H2,1H3,(H,15,17). The zero-order valence-electron chi connectivity index (χ0n) is 10.7. The summed E-state index contributed by atoms with van der Waals surface area (Å²) in [7, 11) is 1.30. The molecule has 1 N–H and O–H groups in total. The number of aryl methyl sites for hydroxylation is 1. The first kappa shape index (κ1) is 13.3. The molecule has 0 saturated carbocycles. The van der Waals surface area contributed by atoms with Crippen molar-refractivity contribution in [2.24, 2.45) is 0 Å². The van der Waals surface area contributed by atoms with Gasteiger partial charge in [-0.25, -0.2) is 0 Å². The van der Waals surface area contributed by atoms with Crippen LogP contribution in [0.3, 0.4) is 0 Å². The molecule has 0 aromatic heterocycles. The number of carbonyl (C=O) groups is 3. The van der Waals surface area contributed by atoms with Crippen LogP contribution in [0.15, 0.2) is 18.2 Å². The van der Waals surface area contributed by atoms with Gasteiger partial charge in [0, 0.05) is 24.1 Å². The van der Waals surface area contributed by atoms with Crippen LogP contribution in [0.4, 0.5) is 5.69 Å². The summed E-state index contributed by atoms with van der Waals surface area (Å²) < 4.78 is 4.50. The van der Waals surface area contributed by atoms with E-state index in [0.717, 1.165) is 11.3 Å². The quantitative estimate of drug-likeness (QED) is 0.661. The van der Waals surface area contributed by atoms with Crippen molar-refractivity contribution in [3.8, 4) is 0 Å². The number of fused-ring (bicyclic) bond motifs is 1. The van der Waals surface area contributed by atoms with Gasteiger partial charge in [0.15, 0.2) is 5.78 Å². The number of esters is 1. The molecule has 5 nitrogen and oxygen atoms in total. The number of methoxy groups -OCH3 is 1. The van der Waals surface area contributed by atoms with Crippen molar-refractivity contribution < 1.29 is 19.1 Å². The van der Waals surface area contributed by atoms with E-state index in [1.165, 1.54) is 7.11 Å². The second-order valence-corrected chi connectivity index (χ2v) is 4.42. The van der Waals surface area contributed by atoms with Gasteiger partial charge < -0.3 is 10.1 Å². The third kappa shape index (κ3) is 3.19. The summed E-state index contributed by atoms with van der Waals surface area (Å²) in [6.07, 6.45) is 1.30. The van der Waals surface area contributed by atoms with E-state index in [2.05, 4.69) is 10.1 Å². The SMILES string of the molecule is COC(=O)CCC(=O)c1ccc2c(c1)CCC(=O)N2. The lowest BCUT2D eigenvalue weighted by Crippen LogP contribution is -2.19. The van der Waals surface area contributed by atoms with Crippen LogP contribution in [-0.4, -0.2) is 24.8 Å². The molecule has 1 aliphatic heterocycles. The van der Waals surface area contributed by atoms with E-state index in [4.69, 9.17) is 0 Å². The van der Waals surface area contributed by atoms with E-state index in [1.54, 1.807) is 18.2 Å². The molecule has 1 amide bonds. The molecular formula is C14H15NO4. The minimum absolute atomic E-state index is 0.00253. The number of Topliss-reactive ketones (excluding diaryl/α,β-unsaturated/α-hetero) is 1. The molecule has 0 fully saturated rings. The molecule has 1 aromatic carbocycles. The zero-order chi connectivity index (χ0) is 13.8. The van der Waals surface area contributed by atoms with Gasteiger partial charge in [-0.3, -0.25) is 14.4 Å². The van der Waals surface area contributed by atoms with Crippen LogP contribution in [0.25, 0.3) is 0 Å². The van der Waals surface area contributed by atoms with Crippen LogP contribution >= 0.6 is 0 Å². The molecule has 0 aliphatic carbocycles. The van der Waals surface area contributed by atoms with Crippen molar-refractivity contribution in [3.63, 3.8) is 0 Å². The molecular weight excluding hydrogens is 246 g/mol. The Morgan fingerprint density at radius 2 is 2.05 bits per heavy atom. The van der Waals surface area contributed by atoms with E-state index in [-0.39, 0.29) is 24.5 Å². The number of nitrogens with one attached hydrogen (secondary N) is 1. The predicted molar refractivity (Wildman–Crippen MR) is 69.0 cm³/mol. The maximum Gasteiger partial charge on any atom is 0.305 e. The lowest BCUT2D eigenvalue weighted by atomic mass is 9.97. The Morgan fingerprint density at radius 1 is 1.26 bits per heavy atom. The Hall–Kier alpha value is -2.17. The fraction of sp³-hybridized carbons (Fsp3) is 0.357. The van der Waals surface area contributed by atoms with E-state index in [9.17, 15) is 14.4 Å². The van der Waals surface area contributed by atoms with Crippen LogP contribution < -0.4 is 5.32 Å². The summed E-state index contributed by atoms with van der Waals surface area (Å²) in [5.74, 6) is -0.485. The molecule has 1 aliphatic rings. The van der Waals surface area contributed by atoms with E-state index in [1.807, 2.05) is 0 Å². The highest BCUT2D eigenvalue weighted by Gasteiger charge is 2.17. The molecule has 0 spiro atoms. The summed E-state index contributed by atoms with van der Waals surface area (Å²) in [4.78, 5) is 34.1. The number of rotatable bonds is 4. The number of amides is 1. The fourth-order valence-electron chi connectivity index (χ4n) is 2.02. The highest BCUT2D eigenvalue weighted by atomic mass is 16.5. The first-order valence-electron chi connectivity index (χ1n) is 6.13. The number of ether oxygens (including phenoxy) is 1. The van der Waals surface area contributed by atoms with Gasteiger partial charge in [-0.2, -0.15) is 0 Å². The minimum Gasteiger partial charge on any atom is -0.469 e. The first-order chi connectivity index (χ1) is 9.10. The molecule has 100 valence electrons. The molecule has 2 rings (SSSR count). The Morgan fingerprint density at radius 3 is 2.79 bits per heavy atom. The monoisotopic (exact) mass is 261 g/mol. The van der Waals surface area contributed by atoms with Crippen LogP contribution in [-0.2, 0) is 20.7 Å². The second-order valence-electron chi connectivity index (χ2n) is 4.42. The molecule has 5 heteroatoms. The number of hydrogen-bond acceptors (Lipinski definition) is 4. The van der Waals surface area contributed by atoms with Gasteiger partial charge in [-0.15, -0.1) is 0 Å². The second kappa shape index (κ2) is 5.65. The Balaban J connectivity index is 2.07. The van der Waals surface area contributed by atoms with Gasteiger partial charge in [0.2, 0.25) is 5.91 Å². The average molecular weight is 261 g/mol. The highest BCUT2D eigenvalue weighted by molar-refractivity contribution is 5.99. The summed E-state index contributed by atoms with van der Waals surface area (Å²) in [6.45, 7) is 0. The lowest BCUT2D eigenvalue weighted by molar-refractivity contribution is -0.140. The lowest BCUT2D eigenvalue weighted by Gasteiger charge is -2.17. The van der Waals surface area contributed by atoms with Gasteiger partial charge >= 0.3 is 5.97 Å². The van der Waals surface area contributed by atoms with Gasteiger partial charge in [0.1, 0.15) is 0 Å². The normalized spacial score (nSPS) is 13.4. The molecule has 0 radical (unpaired) electrons. The maximum atomic E-state index is 11.9. The number of ketones is 1. The average Bonchev–Trinajstić information content (AvgIpc) is 2.43. The largest absolute Gasteiger partial charge is 0.469 e. The first-order valence-corrected chi connectivity index (χ1v) is 6.13. The topological polar surface area (TPSA) is 72.5 Å². The van der Waals surface area contributed by atoms with E-state index < -0.39 is 5.97 Å². The van der Waals surface area contributed by atoms with Crippen molar-refractivity contribution in [1.82, 2.24) is 0 Å². The molecule has 0 saturated heterocycles. The van der Waals surface area contributed by atoms with Crippen LogP contribution in [0.2, 0.25) is 0 Å². The molecule has 0 atom stereocenters. The van der Waals surface area contributed by atoms with Gasteiger partial charge in [-0.05, 0) is 30.2 Å². The predicted octanol–water partition coefficient (Wildman–Crippen LogP) is 1.71. The van der Waals surface area contributed by atoms with E-state index >= 15 is 0 Å². The van der Waals surface area contributed by atoms with Crippen LogP contribution in [0.1, 0.15) is 35.2 Å². The summed E-state index contributed by atoms with van der Waals surface area (Å²) >= 11 is 0. The number of benzene rings is 1. The van der Waals surface area contributed by atoms with Gasteiger partial charge in [-0.1, -0.05) is 0 Å². The third-order valence-corrected chi connectivity index (χ3v) is 3.11. The molecule has 1 heterocycles. The molecule has 0 unspecified atom stereocenters. The van der Waals surface area contributed by atoms with Crippen LogP contribution in [0.5, 0.6) is 0 Å². The number of hydrogen-bond donors (Lipinski definition) is 1. The number of anilines is 1. The Bertz CT molecular complexity index is 536. The highest BCUT2D eigenvalue weighted by Crippen LogP contribution is 2.24. The molecule has 1 aromatic rings. The third-order valence-electron chi connectivity index (χ3n) is 3.11. The van der Waals surface area contributed by atoms with Crippen LogP contribution in [0, 0.1) is 0 Å². The summed E-state index contributed by atoms with van der Waals surface area (Å²) in [5, 5.41) is 2.76. The van der Waals surface area contributed by atoms with Crippen molar-refractivity contribution >= 4 is 23.3 Å². The molecule has 0 bridgehead atoms. The molecule has 19 heavy (non-hydrogen) atoms. The minimum atomic E-state index is -0.390. The van der Waals surface area contributed by atoms with Crippen molar-refractivity contribution in [2.45, 2.75) is 25.7 Å². The Labute approximate surface area is 110 Å². The fourth-order valence-corrected chi connectivity index (χ4v) is 2.02. The van der Waals surface area contributed by atoms with Crippen molar-refractivity contribution in [2.75, 3.05) is 12.4 Å². The van der Waals surface area contributed by atoms with Gasteiger partial charge in [0.25, 0.3) is 0 Å². The van der Waals surface area contributed by atoms with Crippen molar-refractivity contribution in [1.29, 1.82) is 0 Å². The Kier molecular flexibility index (Phi) is 3.94. The summed E-state index contributed by atoms with van der Waals surface area (Å²) in [6, 6.07) is 5.19. The zero-order valence-corrected chi connectivity index (χ0v) is 10.7. The van der Waals surface area contributed by atoms with Crippen molar-refractivity contribution in [3.05, 3.63) is 29.3 Å². The summed E-state index contributed by atoms with van der Waals surface area (Å²) in [5.41, 5.74) is 2.29. The maximum absolute atomic E-state index is 11.9.